The minimum absolute atomic E-state index is 0.0243. The Morgan fingerprint density at radius 2 is 2.30 bits per heavy atom. The molecule has 0 saturated heterocycles. The van der Waals surface area contributed by atoms with E-state index in [1.807, 2.05) is 0 Å². The van der Waals surface area contributed by atoms with Crippen molar-refractivity contribution in [2.24, 2.45) is 5.73 Å². The van der Waals surface area contributed by atoms with Crippen molar-refractivity contribution >= 4 is 23.2 Å². The Morgan fingerprint density at radius 1 is 1.70 bits per heavy atom. The summed E-state index contributed by atoms with van der Waals surface area (Å²) in [5.41, 5.74) is 5.11. The highest BCUT2D eigenvalue weighted by molar-refractivity contribution is 7.80. The summed E-state index contributed by atoms with van der Waals surface area (Å²) < 4.78 is 0. The lowest BCUT2D eigenvalue weighted by Crippen LogP contribution is -2.32. The third-order valence-electron chi connectivity index (χ3n) is 0.930. The Balaban J connectivity index is 3.20. The molecule has 0 rings (SSSR count). The Bertz CT molecular complexity index is 137. The maximum atomic E-state index is 10.6. The quantitative estimate of drug-likeness (QED) is 0.462. The van der Waals surface area contributed by atoms with E-state index < -0.39 is 0 Å². The van der Waals surface area contributed by atoms with E-state index in [0.717, 1.165) is 0 Å². The standard InChI is InChI=1S/C5H11N3OS/c1-7-4(9)2-3-8-5(6)10/h2-3H2,1H3,(H,7,9)(H3,6,8,10). The van der Waals surface area contributed by atoms with Crippen molar-refractivity contribution in [3.8, 4) is 0 Å². The van der Waals surface area contributed by atoms with Gasteiger partial charge in [-0.25, -0.2) is 0 Å². The molecule has 0 radical (unpaired) electrons. The van der Waals surface area contributed by atoms with Crippen LogP contribution in [0.3, 0.4) is 0 Å². The second-order valence-electron chi connectivity index (χ2n) is 1.71. The monoisotopic (exact) mass is 161 g/mol. The molecule has 0 saturated carbocycles. The van der Waals surface area contributed by atoms with Crippen LogP contribution in [0.25, 0.3) is 0 Å². The lowest BCUT2D eigenvalue weighted by atomic mass is 10.4. The second kappa shape index (κ2) is 4.99. The fraction of sp³-hybridized carbons (Fsp3) is 0.600. The molecular weight excluding hydrogens is 150 g/mol. The zero-order valence-electron chi connectivity index (χ0n) is 5.81. The molecule has 5 heteroatoms. The first-order chi connectivity index (χ1) is 4.66. The van der Waals surface area contributed by atoms with Crippen LogP contribution in [-0.2, 0) is 4.79 Å². The van der Waals surface area contributed by atoms with Gasteiger partial charge in [0.1, 0.15) is 0 Å². The number of hydrogen-bond acceptors (Lipinski definition) is 2. The number of nitrogens with two attached hydrogens (primary N) is 1. The largest absolute Gasteiger partial charge is 0.376 e. The van der Waals surface area contributed by atoms with Crippen LogP contribution in [-0.4, -0.2) is 24.6 Å². The molecule has 0 unspecified atom stereocenters. The Morgan fingerprint density at radius 3 is 2.70 bits per heavy atom. The van der Waals surface area contributed by atoms with Gasteiger partial charge in [-0.2, -0.15) is 0 Å². The number of thiocarbonyl (C=S) groups is 1. The third-order valence-corrected chi connectivity index (χ3v) is 1.07. The summed E-state index contributed by atoms with van der Waals surface area (Å²) in [5.74, 6) is -0.0243. The van der Waals surface area contributed by atoms with Crippen LogP contribution in [0, 0.1) is 0 Å². The van der Waals surface area contributed by atoms with Gasteiger partial charge in [-0.1, -0.05) is 0 Å². The maximum absolute atomic E-state index is 10.6. The molecule has 0 aliphatic carbocycles. The average molecular weight is 161 g/mol. The molecular formula is C5H11N3OS. The molecule has 0 heterocycles. The fourth-order valence-electron chi connectivity index (χ4n) is 0.424. The van der Waals surface area contributed by atoms with Crippen molar-refractivity contribution in [2.45, 2.75) is 6.42 Å². The lowest BCUT2D eigenvalue weighted by Gasteiger charge is -2.01. The highest BCUT2D eigenvalue weighted by Crippen LogP contribution is 1.73. The first kappa shape index (κ1) is 9.16. The Kier molecular flexibility index (Phi) is 4.57. The van der Waals surface area contributed by atoms with Crippen LogP contribution in [0.1, 0.15) is 6.42 Å². The summed E-state index contributed by atoms with van der Waals surface area (Å²) in [6.07, 6.45) is 0.397. The van der Waals surface area contributed by atoms with Gasteiger partial charge in [0.2, 0.25) is 5.91 Å². The summed E-state index contributed by atoms with van der Waals surface area (Å²) in [6.45, 7) is 0.495. The van der Waals surface area contributed by atoms with Crippen LogP contribution in [0.5, 0.6) is 0 Å². The van der Waals surface area contributed by atoms with Gasteiger partial charge >= 0.3 is 0 Å². The number of amides is 1. The maximum Gasteiger partial charge on any atom is 0.221 e. The van der Waals surface area contributed by atoms with Crippen molar-refractivity contribution in [2.75, 3.05) is 13.6 Å². The van der Waals surface area contributed by atoms with E-state index in [-0.39, 0.29) is 11.0 Å². The van der Waals surface area contributed by atoms with Gasteiger partial charge in [-0.05, 0) is 12.2 Å². The Hall–Kier alpha value is -0.840. The summed E-state index contributed by atoms with van der Waals surface area (Å²) in [5, 5.41) is 5.36. The predicted octanol–water partition coefficient (Wildman–Crippen LogP) is -1.04. The highest BCUT2D eigenvalue weighted by Gasteiger charge is 1.95. The molecule has 0 atom stereocenters. The third kappa shape index (κ3) is 5.30. The van der Waals surface area contributed by atoms with Crippen LogP contribution < -0.4 is 16.4 Å². The summed E-state index contributed by atoms with van der Waals surface area (Å²) >= 11 is 4.52. The molecule has 4 N–H and O–H groups in total. The summed E-state index contributed by atoms with van der Waals surface area (Å²) in [4.78, 5) is 10.6. The average Bonchev–Trinajstić information content (AvgIpc) is 1.87. The number of carbonyl (C=O) groups excluding carboxylic acids is 1. The number of rotatable bonds is 3. The molecule has 4 nitrogen and oxygen atoms in total. The zero-order valence-corrected chi connectivity index (χ0v) is 6.62. The topological polar surface area (TPSA) is 67.2 Å². The smallest absolute Gasteiger partial charge is 0.221 e. The van der Waals surface area contributed by atoms with Gasteiger partial charge in [-0.3, -0.25) is 4.79 Å². The van der Waals surface area contributed by atoms with Gasteiger partial charge < -0.3 is 16.4 Å². The van der Waals surface area contributed by atoms with Gasteiger partial charge in [-0.15, -0.1) is 0 Å². The molecule has 0 aliphatic rings. The SMILES string of the molecule is CNC(=O)CCNC(N)=S. The van der Waals surface area contributed by atoms with Gasteiger partial charge in [0.05, 0.1) is 0 Å². The van der Waals surface area contributed by atoms with E-state index in [9.17, 15) is 4.79 Å². The number of hydrogen-bond donors (Lipinski definition) is 3. The molecule has 1 amide bonds. The first-order valence-corrected chi connectivity index (χ1v) is 3.31. The van der Waals surface area contributed by atoms with Crippen molar-refractivity contribution in [1.29, 1.82) is 0 Å². The lowest BCUT2D eigenvalue weighted by molar-refractivity contribution is -0.120. The summed E-state index contributed by atoms with van der Waals surface area (Å²) in [7, 11) is 1.59. The number of nitrogens with one attached hydrogen (secondary N) is 2. The predicted molar refractivity (Wildman–Crippen MR) is 43.5 cm³/mol. The van der Waals surface area contributed by atoms with Gasteiger partial charge in [0.15, 0.2) is 5.11 Å². The van der Waals surface area contributed by atoms with Crippen LogP contribution in [0.15, 0.2) is 0 Å². The Labute approximate surface area is 65.2 Å². The molecule has 0 spiro atoms. The van der Waals surface area contributed by atoms with Gasteiger partial charge in [0.25, 0.3) is 0 Å². The normalized spacial score (nSPS) is 8.50. The van der Waals surface area contributed by atoms with E-state index in [1.165, 1.54) is 0 Å². The molecule has 58 valence electrons. The first-order valence-electron chi connectivity index (χ1n) is 2.90. The minimum atomic E-state index is -0.0243. The van der Waals surface area contributed by atoms with Crippen molar-refractivity contribution in [1.82, 2.24) is 10.6 Å². The highest BCUT2D eigenvalue weighted by atomic mass is 32.1. The van der Waals surface area contributed by atoms with Crippen LogP contribution in [0.2, 0.25) is 0 Å². The number of carbonyl (C=O) groups is 1. The van der Waals surface area contributed by atoms with E-state index in [1.54, 1.807) is 7.05 Å². The molecule has 0 aromatic heterocycles. The second-order valence-corrected chi connectivity index (χ2v) is 2.15. The molecule has 0 aromatic rings. The molecule has 0 aromatic carbocycles. The van der Waals surface area contributed by atoms with Crippen LogP contribution >= 0.6 is 12.2 Å². The summed E-state index contributed by atoms with van der Waals surface area (Å²) in [6, 6.07) is 0. The molecule has 0 aliphatic heterocycles. The zero-order chi connectivity index (χ0) is 7.98. The molecule has 0 bridgehead atoms. The van der Waals surface area contributed by atoms with E-state index in [2.05, 4.69) is 22.9 Å². The molecule has 10 heavy (non-hydrogen) atoms. The van der Waals surface area contributed by atoms with Crippen molar-refractivity contribution in [3.05, 3.63) is 0 Å². The minimum Gasteiger partial charge on any atom is -0.376 e. The molecule has 0 fully saturated rings. The van der Waals surface area contributed by atoms with E-state index in [0.29, 0.717) is 13.0 Å². The van der Waals surface area contributed by atoms with E-state index in [4.69, 9.17) is 5.73 Å². The van der Waals surface area contributed by atoms with E-state index >= 15 is 0 Å². The van der Waals surface area contributed by atoms with Gasteiger partial charge in [0, 0.05) is 20.0 Å². The fourth-order valence-corrected chi connectivity index (χ4v) is 0.526. The van der Waals surface area contributed by atoms with Crippen molar-refractivity contribution < 1.29 is 4.79 Å². The van der Waals surface area contributed by atoms with Crippen LogP contribution in [0.4, 0.5) is 0 Å². The van der Waals surface area contributed by atoms with Crippen molar-refractivity contribution in [3.63, 3.8) is 0 Å².